The van der Waals surface area contributed by atoms with Gasteiger partial charge < -0.3 is 9.64 Å². The maximum Gasteiger partial charge on any atom is 0.241 e. The van der Waals surface area contributed by atoms with E-state index in [4.69, 9.17) is 4.74 Å². The normalized spacial score (nSPS) is 29.9. The van der Waals surface area contributed by atoms with Crippen LogP contribution in [0.5, 0.6) is 0 Å². The SMILES string of the molecule is Cc1ccc(C2NC(C)C(=O)N2CC2CCCCO2)cc1. The summed E-state index contributed by atoms with van der Waals surface area (Å²) in [6, 6.07) is 8.28. The molecule has 0 saturated carbocycles. The second kappa shape index (κ2) is 6.16. The average molecular weight is 288 g/mol. The Kier molecular flexibility index (Phi) is 4.27. The third-order valence-electron chi connectivity index (χ3n) is 4.44. The molecule has 1 aromatic carbocycles. The maximum absolute atomic E-state index is 12.4. The van der Waals surface area contributed by atoms with Crippen LogP contribution in [0.2, 0.25) is 0 Å². The zero-order valence-corrected chi connectivity index (χ0v) is 12.8. The van der Waals surface area contributed by atoms with Gasteiger partial charge in [0.05, 0.1) is 12.1 Å². The number of hydrogen-bond acceptors (Lipinski definition) is 3. The van der Waals surface area contributed by atoms with Gasteiger partial charge in [-0.3, -0.25) is 10.1 Å². The molecule has 2 heterocycles. The fourth-order valence-electron chi connectivity index (χ4n) is 3.17. The van der Waals surface area contributed by atoms with E-state index in [1.165, 1.54) is 12.0 Å². The van der Waals surface area contributed by atoms with E-state index in [2.05, 4.69) is 36.5 Å². The molecule has 4 heteroatoms. The van der Waals surface area contributed by atoms with E-state index >= 15 is 0 Å². The van der Waals surface area contributed by atoms with Gasteiger partial charge in [0.1, 0.15) is 6.17 Å². The molecule has 0 aromatic heterocycles. The van der Waals surface area contributed by atoms with E-state index in [0.29, 0.717) is 6.54 Å². The monoisotopic (exact) mass is 288 g/mol. The first kappa shape index (κ1) is 14.5. The summed E-state index contributed by atoms with van der Waals surface area (Å²) in [6.07, 6.45) is 3.55. The number of aryl methyl sites for hydroxylation is 1. The van der Waals surface area contributed by atoms with E-state index in [9.17, 15) is 4.79 Å². The number of amides is 1. The molecule has 1 aromatic rings. The molecule has 3 unspecified atom stereocenters. The Morgan fingerprint density at radius 3 is 2.71 bits per heavy atom. The molecule has 2 fully saturated rings. The van der Waals surface area contributed by atoms with Crippen LogP contribution in [0.15, 0.2) is 24.3 Å². The molecule has 3 rings (SSSR count). The summed E-state index contributed by atoms with van der Waals surface area (Å²) < 4.78 is 5.81. The van der Waals surface area contributed by atoms with Crippen LogP contribution in [0.3, 0.4) is 0 Å². The van der Waals surface area contributed by atoms with Crippen molar-refractivity contribution in [2.45, 2.75) is 51.4 Å². The number of nitrogens with zero attached hydrogens (tertiary/aromatic N) is 1. The van der Waals surface area contributed by atoms with Crippen molar-refractivity contribution in [3.05, 3.63) is 35.4 Å². The quantitative estimate of drug-likeness (QED) is 0.928. The highest BCUT2D eigenvalue weighted by Crippen LogP contribution is 2.27. The van der Waals surface area contributed by atoms with Crippen molar-refractivity contribution in [1.29, 1.82) is 0 Å². The van der Waals surface area contributed by atoms with E-state index in [1.54, 1.807) is 0 Å². The predicted molar refractivity (Wildman–Crippen MR) is 81.8 cm³/mol. The number of ether oxygens (including phenoxy) is 1. The second-order valence-electron chi connectivity index (χ2n) is 6.18. The van der Waals surface area contributed by atoms with Gasteiger partial charge in [0.15, 0.2) is 0 Å². The van der Waals surface area contributed by atoms with Crippen LogP contribution in [-0.4, -0.2) is 36.1 Å². The first-order valence-electron chi connectivity index (χ1n) is 7.90. The molecule has 21 heavy (non-hydrogen) atoms. The van der Waals surface area contributed by atoms with Crippen molar-refractivity contribution >= 4 is 5.91 Å². The second-order valence-corrected chi connectivity index (χ2v) is 6.18. The summed E-state index contributed by atoms with van der Waals surface area (Å²) >= 11 is 0. The number of hydrogen-bond donors (Lipinski definition) is 1. The van der Waals surface area contributed by atoms with Gasteiger partial charge >= 0.3 is 0 Å². The van der Waals surface area contributed by atoms with Crippen molar-refractivity contribution in [2.24, 2.45) is 0 Å². The smallest absolute Gasteiger partial charge is 0.241 e. The Morgan fingerprint density at radius 2 is 2.05 bits per heavy atom. The predicted octanol–water partition coefficient (Wildman–Crippen LogP) is 2.38. The summed E-state index contributed by atoms with van der Waals surface area (Å²) in [5, 5.41) is 3.40. The van der Waals surface area contributed by atoms with E-state index in [-0.39, 0.29) is 24.2 Å². The lowest BCUT2D eigenvalue weighted by Crippen LogP contribution is -2.39. The Balaban J connectivity index is 1.77. The molecule has 4 nitrogen and oxygen atoms in total. The van der Waals surface area contributed by atoms with Crippen LogP contribution >= 0.6 is 0 Å². The number of carbonyl (C=O) groups excluding carboxylic acids is 1. The van der Waals surface area contributed by atoms with Crippen molar-refractivity contribution in [1.82, 2.24) is 10.2 Å². The third kappa shape index (κ3) is 3.11. The Hall–Kier alpha value is -1.39. The lowest BCUT2D eigenvalue weighted by Gasteiger charge is -2.31. The van der Waals surface area contributed by atoms with Gasteiger partial charge in [0.25, 0.3) is 0 Å². The molecule has 1 N–H and O–H groups in total. The molecule has 0 aliphatic carbocycles. The summed E-state index contributed by atoms with van der Waals surface area (Å²) in [5.74, 6) is 0.176. The van der Waals surface area contributed by atoms with Gasteiger partial charge in [-0.25, -0.2) is 0 Å². The largest absolute Gasteiger partial charge is 0.376 e. The number of benzene rings is 1. The van der Waals surface area contributed by atoms with Gasteiger partial charge in [-0.15, -0.1) is 0 Å². The van der Waals surface area contributed by atoms with Crippen LogP contribution < -0.4 is 5.32 Å². The topological polar surface area (TPSA) is 41.6 Å². The molecular formula is C17H24N2O2. The third-order valence-corrected chi connectivity index (χ3v) is 4.44. The minimum Gasteiger partial charge on any atom is -0.376 e. The Bertz CT molecular complexity index is 494. The van der Waals surface area contributed by atoms with Gasteiger partial charge in [-0.2, -0.15) is 0 Å². The molecule has 114 valence electrons. The highest BCUT2D eigenvalue weighted by Gasteiger charge is 2.38. The standard InChI is InChI=1S/C17H24N2O2/c1-12-6-8-14(9-7-12)16-18-13(2)17(20)19(16)11-15-5-3-4-10-21-15/h6-9,13,15-16,18H,3-5,10-11H2,1-2H3. The fraction of sp³-hybridized carbons (Fsp3) is 0.588. The minimum atomic E-state index is -0.125. The Morgan fingerprint density at radius 1 is 1.29 bits per heavy atom. The number of nitrogens with one attached hydrogen (secondary N) is 1. The van der Waals surface area contributed by atoms with Gasteiger partial charge in [0, 0.05) is 13.2 Å². The molecule has 3 atom stereocenters. The van der Waals surface area contributed by atoms with Crippen LogP contribution in [0.25, 0.3) is 0 Å². The highest BCUT2D eigenvalue weighted by molar-refractivity contribution is 5.84. The van der Waals surface area contributed by atoms with Crippen molar-refractivity contribution in [3.8, 4) is 0 Å². The Labute approximate surface area is 126 Å². The first-order chi connectivity index (χ1) is 10.1. The maximum atomic E-state index is 12.4. The van der Waals surface area contributed by atoms with Gasteiger partial charge in [0.2, 0.25) is 5.91 Å². The lowest BCUT2D eigenvalue weighted by atomic mass is 10.1. The van der Waals surface area contributed by atoms with Crippen LogP contribution in [0, 0.1) is 6.92 Å². The van der Waals surface area contributed by atoms with Gasteiger partial charge in [-0.05, 0) is 38.7 Å². The molecular weight excluding hydrogens is 264 g/mol. The van der Waals surface area contributed by atoms with Gasteiger partial charge in [-0.1, -0.05) is 29.8 Å². The number of rotatable bonds is 3. The van der Waals surface area contributed by atoms with Crippen molar-refractivity contribution in [2.75, 3.05) is 13.2 Å². The molecule has 0 spiro atoms. The molecule has 2 aliphatic rings. The van der Waals surface area contributed by atoms with Crippen molar-refractivity contribution in [3.63, 3.8) is 0 Å². The summed E-state index contributed by atoms with van der Waals surface area (Å²) in [7, 11) is 0. The van der Waals surface area contributed by atoms with Crippen molar-refractivity contribution < 1.29 is 9.53 Å². The van der Waals surface area contributed by atoms with E-state index in [0.717, 1.165) is 25.0 Å². The fourth-order valence-corrected chi connectivity index (χ4v) is 3.17. The minimum absolute atomic E-state index is 0.0290. The highest BCUT2D eigenvalue weighted by atomic mass is 16.5. The molecule has 0 radical (unpaired) electrons. The van der Waals surface area contributed by atoms with Crippen LogP contribution in [0.4, 0.5) is 0 Å². The van der Waals surface area contributed by atoms with Crippen LogP contribution in [-0.2, 0) is 9.53 Å². The summed E-state index contributed by atoms with van der Waals surface area (Å²) in [4.78, 5) is 14.4. The van der Waals surface area contributed by atoms with E-state index in [1.807, 2.05) is 11.8 Å². The number of carbonyl (C=O) groups is 1. The first-order valence-corrected chi connectivity index (χ1v) is 7.90. The summed E-state index contributed by atoms with van der Waals surface area (Å²) in [5.41, 5.74) is 2.38. The molecule has 0 bridgehead atoms. The van der Waals surface area contributed by atoms with E-state index < -0.39 is 0 Å². The van der Waals surface area contributed by atoms with Crippen LogP contribution in [0.1, 0.15) is 43.5 Å². The summed E-state index contributed by atoms with van der Waals surface area (Å²) in [6.45, 7) is 5.53. The zero-order valence-electron chi connectivity index (χ0n) is 12.8. The average Bonchev–Trinajstić information content (AvgIpc) is 2.78. The molecule has 1 amide bonds. The molecule has 2 saturated heterocycles. The zero-order chi connectivity index (χ0) is 14.8. The lowest BCUT2D eigenvalue weighted by molar-refractivity contribution is -0.132. The molecule has 2 aliphatic heterocycles.